The number of nitrogens with zero attached hydrogens (tertiary/aromatic N) is 1. The van der Waals surface area contributed by atoms with Gasteiger partial charge in [0.1, 0.15) is 0 Å². The molecule has 7 nitrogen and oxygen atoms in total. The van der Waals surface area contributed by atoms with Gasteiger partial charge in [0.2, 0.25) is 5.91 Å². The van der Waals surface area contributed by atoms with Gasteiger partial charge in [-0.05, 0) is 48.9 Å². The molecule has 4 rings (SSSR count). The summed E-state index contributed by atoms with van der Waals surface area (Å²) in [6.45, 7) is 3.32. The average Bonchev–Trinajstić information content (AvgIpc) is 3.29. The lowest BCUT2D eigenvalue weighted by Crippen LogP contribution is -2.15. The van der Waals surface area contributed by atoms with Crippen LogP contribution in [0.3, 0.4) is 0 Å². The number of aryl methyl sites for hydroxylation is 1. The highest BCUT2D eigenvalue weighted by molar-refractivity contribution is 7.14. The van der Waals surface area contributed by atoms with Gasteiger partial charge in [-0.2, -0.15) is 0 Å². The van der Waals surface area contributed by atoms with E-state index in [9.17, 15) is 14.4 Å². The molecule has 1 heterocycles. The number of amides is 3. The van der Waals surface area contributed by atoms with Crippen molar-refractivity contribution < 1.29 is 14.4 Å². The molecule has 34 heavy (non-hydrogen) atoms. The Hall–Kier alpha value is -4.30. The third-order valence-corrected chi connectivity index (χ3v) is 5.77. The fourth-order valence-corrected chi connectivity index (χ4v) is 3.96. The summed E-state index contributed by atoms with van der Waals surface area (Å²) in [5.74, 6) is -0.697. The third-order valence-electron chi connectivity index (χ3n) is 5.01. The molecule has 0 atom stereocenters. The van der Waals surface area contributed by atoms with Gasteiger partial charge in [0, 0.05) is 40.4 Å². The van der Waals surface area contributed by atoms with Gasteiger partial charge >= 0.3 is 0 Å². The molecular formula is C26H22N4O3S. The van der Waals surface area contributed by atoms with Crippen molar-refractivity contribution in [2.24, 2.45) is 0 Å². The molecule has 170 valence electrons. The van der Waals surface area contributed by atoms with E-state index in [1.807, 2.05) is 30.5 Å². The van der Waals surface area contributed by atoms with Crippen molar-refractivity contribution in [2.45, 2.75) is 13.8 Å². The van der Waals surface area contributed by atoms with Crippen molar-refractivity contribution in [3.63, 3.8) is 0 Å². The van der Waals surface area contributed by atoms with Gasteiger partial charge < -0.3 is 10.6 Å². The Labute approximate surface area is 200 Å². The summed E-state index contributed by atoms with van der Waals surface area (Å²) in [4.78, 5) is 41.0. The number of anilines is 3. The number of carbonyl (C=O) groups excluding carboxylic acids is 3. The van der Waals surface area contributed by atoms with Crippen molar-refractivity contribution in [3.05, 3.63) is 94.9 Å². The minimum atomic E-state index is -0.322. The Kier molecular flexibility index (Phi) is 6.79. The van der Waals surface area contributed by atoms with E-state index in [-0.39, 0.29) is 17.7 Å². The van der Waals surface area contributed by atoms with Crippen molar-refractivity contribution in [2.75, 3.05) is 16.0 Å². The number of benzene rings is 3. The molecule has 0 aliphatic heterocycles. The number of aromatic nitrogens is 1. The summed E-state index contributed by atoms with van der Waals surface area (Å²) in [5, 5.41) is 10.7. The van der Waals surface area contributed by atoms with Crippen LogP contribution in [0.15, 0.2) is 78.2 Å². The molecule has 0 spiro atoms. The van der Waals surface area contributed by atoms with Crippen LogP contribution in [0.4, 0.5) is 16.5 Å². The Morgan fingerprint density at radius 1 is 0.794 bits per heavy atom. The number of rotatable bonds is 6. The second kappa shape index (κ2) is 10.1. The van der Waals surface area contributed by atoms with Crippen molar-refractivity contribution in [3.8, 4) is 11.3 Å². The van der Waals surface area contributed by atoms with E-state index < -0.39 is 0 Å². The summed E-state index contributed by atoms with van der Waals surface area (Å²) in [6.07, 6.45) is 0. The zero-order valence-corrected chi connectivity index (χ0v) is 19.4. The van der Waals surface area contributed by atoms with Gasteiger partial charge in [-0.3, -0.25) is 19.7 Å². The highest BCUT2D eigenvalue weighted by atomic mass is 32.1. The summed E-state index contributed by atoms with van der Waals surface area (Å²) in [5.41, 5.74) is 4.65. The summed E-state index contributed by atoms with van der Waals surface area (Å²) in [6, 6.07) is 21.4. The van der Waals surface area contributed by atoms with E-state index >= 15 is 0 Å². The maximum atomic E-state index is 12.8. The Bertz CT molecular complexity index is 1350. The second-order valence-corrected chi connectivity index (χ2v) is 8.46. The molecule has 3 aromatic carbocycles. The lowest BCUT2D eigenvalue weighted by Gasteiger charge is -2.10. The standard InChI is InChI=1S/C26H22N4O3S/c1-16-8-9-20(14-22(16)28-24(32)19-6-4-3-5-7-19)25(33)30-26-29-23(15-34-26)18-10-12-21(13-11-18)27-17(2)31/h3-15H,1-2H3,(H,27,31)(H,28,32)(H,29,30,33). The maximum absolute atomic E-state index is 12.8. The summed E-state index contributed by atoms with van der Waals surface area (Å²) < 4.78 is 0. The highest BCUT2D eigenvalue weighted by Crippen LogP contribution is 2.27. The molecule has 4 aromatic rings. The molecule has 0 unspecified atom stereocenters. The van der Waals surface area contributed by atoms with E-state index in [0.717, 1.165) is 16.8 Å². The zero-order valence-electron chi connectivity index (χ0n) is 18.6. The fraction of sp³-hybridized carbons (Fsp3) is 0.0769. The van der Waals surface area contributed by atoms with Crippen molar-refractivity contribution in [1.82, 2.24) is 4.98 Å². The van der Waals surface area contributed by atoms with Gasteiger partial charge in [-0.25, -0.2) is 4.98 Å². The molecule has 0 fully saturated rings. The van der Waals surface area contributed by atoms with E-state index in [2.05, 4.69) is 20.9 Å². The second-order valence-electron chi connectivity index (χ2n) is 7.60. The molecule has 0 aliphatic carbocycles. The van der Waals surface area contributed by atoms with Gasteiger partial charge in [0.05, 0.1) is 5.69 Å². The molecular weight excluding hydrogens is 448 g/mol. The predicted octanol–water partition coefficient (Wildman–Crippen LogP) is 5.58. The van der Waals surface area contributed by atoms with Crippen LogP contribution in [0.2, 0.25) is 0 Å². The van der Waals surface area contributed by atoms with Crippen LogP contribution in [0.1, 0.15) is 33.2 Å². The van der Waals surface area contributed by atoms with E-state index in [0.29, 0.717) is 27.6 Å². The molecule has 1 aromatic heterocycles. The van der Waals surface area contributed by atoms with Gasteiger partial charge in [-0.1, -0.05) is 36.4 Å². The van der Waals surface area contributed by atoms with Crippen LogP contribution in [0, 0.1) is 6.92 Å². The van der Waals surface area contributed by atoms with Crippen LogP contribution in [0.25, 0.3) is 11.3 Å². The van der Waals surface area contributed by atoms with Gasteiger partial charge in [0.25, 0.3) is 11.8 Å². The van der Waals surface area contributed by atoms with Gasteiger partial charge in [-0.15, -0.1) is 11.3 Å². The fourth-order valence-electron chi connectivity index (χ4n) is 3.24. The molecule has 0 aliphatic rings. The number of nitrogens with one attached hydrogen (secondary N) is 3. The number of hydrogen-bond donors (Lipinski definition) is 3. The topological polar surface area (TPSA) is 100 Å². The predicted molar refractivity (Wildman–Crippen MR) is 135 cm³/mol. The van der Waals surface area contributed by atoms with E-state index in [1.165, 1.54) is 18.3 Å². The average molecular weight is 471 g/mol. The van der Waals surface area contributed by atoms with Crippen LogP contribution in [0.5, 0.6) is 0 Å². The quantitative estimate of drug-likeness (QED) is 0.342. The molecule has 8 heteroatoms. The Morgan fingerprint density at radius 2 is 1.50 bits per heavy atom. The highest BCUT2D eigenvalue weighted by Gasteiger charge is 2.13. The van der Waals surface area contributed by atoms with Crippen LogP contribution < -0.4 is 16.0 Å². The third kappa shape index (κ3) is 5.54. The Morgan fingerprint density at radius 3 is 2.21 bits per heavy atom. The minimum absolute atomic E-state index is 0.134. The lowest BCUT2D eigenvalue weighted by molar-refractivity contribution is -0.114. The first-order valence-electron chi connectivity index (χ1n) is 10.5. The Balaban J connectivity index is 1.45. The largest absolute Gasteiger partial charge is 0.326 e. The van der Waals surface area contributed by atoms with E-state index in [4.69, 9.17) is 0 Å². The number of hydrogen-bond acceptors (Lipinski definition) is 5. The molecule has 0 radical (unpaired) electrons. The smallest absolute Gasteiger partial charge is 0.257 e. The monoisotopic (exact) mass is 470 g/mol. The van der Waals surface area contributed by atoms with Crippen LogP contribution in [-0.4, -0.2) is 22.7 Å². The first-order chi connectivity index (χ1) is 16.4. The number of carbonyl (C=O) groups is 3. The van der Waals surface area contributed by atoms with Crippen molar-refractivity contribution >= 4 is 45.6 Å². The molecule has 0 saturated heterocycles. The molecule has 3 amide bonds. The SMILES string of the molecule is CC(=O)Nc1ccc(-c2csc(NC(=O)c3ccc(C)c(NC(=O)c4ccccc4)c3)n2)cc1. The molecule has 0 bridgehead atoms. The normalized spacial score (nSPS) is 10.4. The zero-order chi connectivity index (χ0) is 24.1. The lowest BCUT2D eigenvalue weighted by atomic mass is 10.1. The first-order valence-corrected chi connectivity index (χ1v) is 11.4. The first kappa shape index (κ1) is 22.9. The summed E-state index contributed by atoms with van der Waals surface area (Å²) in [7, 11) is 0. The maximum Gasteiger partial charge on any atom is 0.257 e. The van der Waals surface area contributed by atoms with E-state index in [1.54, 1.807) is 54.6 Å². The van der Waals surface area contributed by atoms with Crippen LogP contribution >= 0.6 is 11.3 Å². The summed E-state index contributed by atoms with van der Waals surface area (Å²) >= 11 is 1.31. The van der Waals surface area contributed by atoms with Gasteiger partial charge in [0.15, 0.2) is 5.13 Å². The molecule has 0 saturated carbocycles. The minimum Gasteiger partial charge on any atom is -0.326 e. The van der Waals surface area contributed by atoms with Crippen molar-refractivity contribution in [1.29, 1.82) is 0 Å². The van der Waals surface area contributed by atoms with Crippen LogP contribution in [-0.2, 0) is 4.79 Å². The number of thiazole rings is 1. The molecule has 3 N–H and O–H groups in total.